The Morgan fingerprint density at radius 1 is 1.41 bits per heavy atom. The lowest BCUT2D eigenvalue weighted by molar-refractivity contribution is 0.101. The lowest BCUT2D eigenvalue weighted by Gasteiger charge is -2.25. The standard InChI is InChI=1S/C16H27N3O2S/c1-3-14-11(2)22-15(19-14)7-8-17-16(21)18-10-12-5-4-6-13(20)9-12/h12-13,20H,3-10H2,1-2H3,(H2,17,18,21). The SMILES string of the molecule is CCc1nc(CCNC(=O)NCC2CCCC(O)C2)sc1C. The normalized spacial score (nSPS) is 21.6. The number of aliphatic hydroxyl groups excluding tert-OH is 1. The van der Waals surface area contributed by atoms with Crippen LogP contribution in [0.1, 0.15) is 48.2 Å². The summed E-state index contributed by atoms with van der Waals surface area (Å²) in [4.78, 5) is 17.6. The van der Waals surface area contributed by atoms with Gasteiger partial charge in [-0.3, -0.25) is 0 Å². The molecule has 1 aliphatic rings. The third-order valence-electron chi connectivity index (χ3n) is 4.20. The Morgan fingerprint density at radius 3 is 2.91 bits per heavy atom. The monoisotopic (exact) mass is 325 g/mol. The molecule has 124 valence electrons. The predicted molar refractivity (Wildman–Crippen MR) is 89.3 cm³/mol. The van der Waals surface area contributed by atoms with E-state index in [2.05, 4.69) is 29.5 Å². The van der Waals surface area contributed by atoms with Gasteiger partial charge in [-0.1, -0.05) is 13.3 Å². The summed E-state index contributed by atoms with van der Waals surface area (Å²) in [5.41, 5.74) is 1.17. The number of aliphatic hydroxyl groups is 1. The van der Waals surface area contributed by atoms with E-state index in [9.17, 15) is 9.90 Å². The van der Waals surface area contributed by atoms with E-state index in [1.807, 2.05) is 0 Å². The zero-order valence-corrected chi connectivity index (χ0v) is 14.3. The van der Waals surface area contributed by atoms with Gasteiger partial charge in [0.25, 0.3) is 0 Å². The van der Waals surface area contributed by atoms with Gasteiger partial charge in [-0.05, 0) is 38.5 Å². The van der Waals surface area contributed by atoms with E-state index in [-0.39, 0.29) is 12.1 Å². The highest BCUT2D eigenvalue weighted by Gasteiger charge is 2.20. The quantitative estimate of drug-likeness (QED) is 0.752. The van der Waals surface area contributed by atoms with Crippen LogP contribution in [0.2, 0.25) is 0 Å². The van der Waals surface area contributed by atoms with Gasteiger partial charge >= 0.3 is 6.03 Å². The molecule has 1 saturated carbocycles. The molecule has 2 rings (SSSR count). The number of nitrogens with one attached hydrogen (secondary N) is 2. The van der Waals surface area contributed by atoms with Crippen molar-refractivity contribution in [2.75, 3.05) is 13.1 Å². The number of urea groups is 1. The summed E-state index contributed by atoms with van der Waals surface area (Å²) in [5, 5.41) is 16.5. The zero-order chi connectivity index (χ0) is 15.9. The highest BCUT2D eigenvalue weighted by atomic mass is 32.1. The van der Waals surface area contributed by atoms with E-state index in [1.165, 1.54) is 10.6 Å². The Balaban J connectivity index is 1.63. The molecule has 1 aliphatic carbocycles. The zero-order valence-electron chi connectivity index (χ0n) is 13.5. The van der Waals surface area contributed by atoms with E-state index in [1.54, 1.807) is 11.3 Å². The number of nitrogens with zero attached hydrogens (tertiary/aromatic N) is 1. The number of carbonyl (C=O) groups excluding carboxylic acids is 1. The minimum absolute atomic E-state index is 0.121. The first-order valence-corrected chi connectivity index (χ1v) is 9.05. The Labute approximate surface area is 136 Å². The van der Waals surface area contributed by atoms with Crippen LogP contribution >= 0.6 is 11.3 Å². The Hall–Kier alpha value is -1.14. The summed E-state index contributed by atoms with van der Waals surface area (Å²) in [6, 6.07) is -0.121. The van der Waals surface area contributed by atoms with Crippen LogP contribution in [0.15, 0.2) is 0 Å². The second kappa shape index (κ2) is 8.48. The molecule has 1 aromatic heterocycles. The van der Waals surface area contributed by atoms with Crippen molar-refractivity contribution >= 4 is 17.4 Å². The van der Waals surface area contributed by atoms with Gasteiger partial charge in [0.05, 0.1) is 16.8 Å². The van der Waals surface area contributed by atoms with Gasteiger partial charge in [0.2, 0.25) is 0 Å². The summed E-state index contributed by atoms with van der Waals surface area (Å²) >= 11 is 1.72. The largest absolute Gasteiger partial charge is 0.393 e. The number of rotatable bonds is 6. The smallest absolute Gasteiger partial charge is 0.314 e. The van der Waals surface area contributed by atoms with E-state index < -0.39 is 0 Å². The molecule has 0 aliphatic heterocycles. The van der Waals surface area contributed by atoms with Crippen LogP contribution in [-0.4, -0.2) is 35.3 Å². The number of hydrogen-bond acceptors (Lipinski definition) is 4. The molecule has 0 aromatic carbocycles. The first-order valence-electron chi connectivity index (χ1n) is 8.23. The second-order valence-corrected chi connectivity index (χ2v) is 7.33. The first kappa shape index (κ1) is 17.2. The van der Waals surface area contributed by atoms with E-state index in [0.717, 1.165) is 43.5 Å². The topological polar surface area (TPSA) is 74.2 Å². The minimum atomic E-state index is -0.190. The van der Waals surface area contributed by atoms with Gasteiger partial charge in [0, 0.05) is 24.4 Å². The molecule has 2 unspecified atom stereocenters. The molecular weight excluding hydrogens is 298 g/mol. The van der Waals surface area contributed by atoms with Gasteiger partial charge in [0.15, 0.2) is 0 Å². The van der Waals surface area contributed by atoms with Crippen molar-refractivity contribution in [2.45, 2.75) is 58.5 Å². The van der Waals surface area contributed by atoms with Crippen LogP contribution in [-0.2, 0) is 12.8 Å². The molecule has 1 aromatic rings. The molecule has 1 heterocycles. The maximum Gasteiger partial charge on any atom is 0.314 e. The lowest BCUT2D eigenvalue weighted by atomic mass is 9.87. The van der Waals surface area contributed by atoms with Crippen LogP contribution in [0.4, 0.5) is 4.79 Å². The first-order chi connectivity index (χ1) is 10.6. The number of aromatic nitrogens is 1. The molecule has 0 bridgehead atoms. The summed E-state index contributed by atoms with van der Waals surface area (Å²) in [7, 11) is 0. The molecule has 3 N–H and O–H groups in total. The molecule has 1 fully saturated rings. The minimum Gasteiger partial charge on any atom is -0.393 e. The molecule has 5 nitrogen and oxygen atoms in total. The Bertz CT molecular complexity index is 490. The number of aryl methyl sites for hydroxylation is 2. The number of amides is 2. The molecular formula is C16H27N3O2S. The summed E-state index contributed by atoms with van der Waals surface area (Å²) in [6.45, 7) is 5.47. The predicted octanol–water partition coefficient (Wildman–Crippen LogP) is 2.41. The van der Waals surface area contributed by atoms with Crippen molar-refractivity contribution in [1.82, 2.24) is 15.6 Å². The van der Waals surface area contributed by atoms with Crippen LogP contribution in [0.25, 0.3) is 0 Å². The van der Waals surface area contributed by atoms with Crippen molar-refractivity contribution in [3.8, 4) is 0 Å². The maximum absolute atomic E-state index is 11.8. The third-order valence-corrected chi connectivity index (χ3v) is 5.28. The van der Waals surface area contributed by atoms with Crippen LogP contribution < -0.4 is 10.6 Å². The van der Waals surface area contributed by atoms with Gasteiger partial charge in [-0.2, -0.15) is 0 Å². The fourth-order valence-electron chi connectivity index (χ4n) is 2.95. The molecule has 6 heteroatoms. The average Bonchev–Trinajstić information content (AvgIpc) is 2.85. The van der Waals surface area contributed by atoms with E-state index in [0.29, 0.717) is 19.0 Å². The van der Waals surface area contributed by atoms with Crippen molar-refractivity contribution in [3.63, 3.8) is 0 Å². The molecule has 0 radical (unpaired) electrons. The van der Waals surface area contributed by atoms with Crippen molar-refractivity contribution in [1.29, 1.82) is 0 Å². The van der Waals surface area contributed by atoms with Gasteiger partial charge < -0.3 is 15.7 Å². The van der Waals surface area contributed by atoms with E-state index >= 15 is 0 Å². The molecule has 0 spiro atoms. The fourth-order valence-corrected chi connectivity index (χ4v) is 3.97. The molecule has 2 atom stereocenters. The van der Waals surface area contributed by atoms with Crippen molar-refractivity contribution < 1.29 is 9.90 Å². The second-order valence-electron chi connectivity index (χ2n) is 6.04. The van der Waals surface area contributed by atoms with Crippen LogP contribution in [0.5, 0.6) is 0 Å². The number of hydrogen-bond donors (Lipinski definition) is 3. The molecule has 2 amide bonds. The van der Waals surface area contributed by atoms with Gasteiger partial charge in [0.1, 0.15) is 0 Å². The highest BCUT2D eigenvalue weighted by molar-refractivity contribution is 7.11. The summed E-state index contributed by atoms with van der Waals surface area (Å²) < 4.78 is 0. The Morgan fingerprint density at radius 2 is 2.23 bits per heavy atom. The lowest BCUT2D eigenvalue weighted by Crippen LogP contribution is -2.40. The number of carbonyl (C=O) groups is 1. The van der Waals surface area contributed by atoms with Crippen molar-refractivity contribution in [3.05, 3.63) is 15.6 Å². The van der Waals surface area contributed by atoms with Crippen LogP contribution in [0.3, 0.4) is 0 Å². The highest BCUT2D eigenvalue weighted by Crippen LogP contribution is 2.23. The van der Waals surface area contributed by atoms with Gasteiger partial charge in [-0.15, -0.1) is 11.3 Å². The Kier molecular flexibility index (Phi) is 6.64. The third kappa shape index (κ3) is 5.25. The van der Waals surface area contributed by atoms with Gasteiger partial charge in [-0.25, -0.2) is 9.78 Å². The summed E-state index contributed by atoms with van der Waals surface area (Å²) in [5.74, 6) is 0.406. The number of thiazole rings is 1. The molecule has 0 saturated heterocycles. The summed E-state index contributed by atoms with van der Waals surface area (Å²) in [6.07, 6.45) is 5.40. The van der Waals surface area contributed by atoms with E-state index in [4.69, 9.17) is 0 Å². The van der Waals surface area contributed by atoms with Crippen LogP contribution in [0, 0.1) is 12.8 Å². The average molecular weight is 325 g/mol. The molecule has 22 heavy (non-hydrogen) atoms. The maximum atomic E-state index is 11.8. The fraction of sp³-hybridized carbons (Fsp3) is 0.750. The van der Waals surface area contributed by atoms with Crippen molar-refractivity contribution in [2.24, 2.45) is 5.92 Å².